The van der Waals surface area contributed by atoms with Gasteiger partial charge < -0.3 is 9.47 Å². The molecule has 0 radical (unpaired) electrons. The third-order valence-corrected chi connectivity index (χ3v) is 6.70. The van der Waals surface area contributed by atoms with Crippen LogP contribution in [-0.2, 0) is 16.1 Å². The standard InChI is InChI=1S/C23H13BrI2N2O5/c24-16-5-1-13(2-6-16)12-32-21-18(25)9-14(10-19(21)26)11-20-23(29)33-22(27-20)15-3-7-17(8-4-15)28(30)31/h1-11H,12H2/b20-11-. The fourth-order valence-corrected chi connectivity index (χ4v) is 5.35. The average molecular weight is 731 g/mol. The summed E-state index contributed by atoms with van der Waals surface area (Å²) < 4.78 is 14.1. The van der Waals surface area contributed by atoms with Crippen LogP contribution in [0.4, 0.5) is 5.69 Å². The van der Waals surface area contributed by atoms with E-state index >= 15 is 0 Å². The SMILES string of the molecule is O=C1OC(c2ccc([N+](=O)[O-])cc2)=N/C1=C\c1cc(I)c(OCc2ccc(Br)cc2)c(I)c1. The molecule has 4 rings (SSSR count). The number of halogens is 3. The number of nitrogens with zero attached hydrogens (tertiary/aromatic N) is 2. The normalized spacial score (nSPS) is 14.2. The van der Waals surface area contributed by atoms with Gasteiger partial charge in [0, 0.05) is 22.2 Å². The lowest BCUT2D eigenvalue weighted by Crippen LogP contribution is -2.05. The maximum absolute atomic E-state index is 12.3. The van der Waals surface area contributed by atoms with Gasteiger partial charge in [-0.3, -0.25) is 10.1 Å². The zero-order chi connectivity index (χ0) is 23.5. The second kappa shape index (κ2) is 10.3. The predicted molar refractivity (Wildman–Crippen MR) is 144 cm³/mol. The van der Waals surface area contributed by atoms with Crippen molar-refractivity contribution in [3.8, 4) is 5.75 Å². The van der Waals surface area contributed by atoms with Gasteiger partial charge >= 0.3 is 5.97 Å². The summed E-state index contributed by atoms with van der Waals surface area (Å²) in [5.41, 5.74) is 2.42. The maximum Gasteiger partial charge on any atom is 0.363 e. The minimum atomic E-state index is -0.580. The first-order chi connectivity index (χ1) is 15.8. The Hall–Kier alpha value is -2.32. The minimum absolute atomic E-state index is 0.0500. The van der Waals surface area contributed by atoms with E-state index in [0.717, 1.165) is 28.5 Å². The molecule has 0 aliphatic carbocycles. The van der Waals surface area contributed by atoms with Crippen molar-refractivity contribution in [1.29, 1.82) is 0 Å². The molecule has 0 aromatic heterocycles. The van der Waals surface area contributed by atoms with Crippen LogP contribution >= 0.6 is 61.1 Å². The molecule has 166 valence electrons. The lowest BCUT2D eigenvalue weighted by atomic mass is 10.2. The smallest absolute Gasteiger partial charge is 0.363 e. The topological polar surface area (TPSA) is 91.0 Å². The van der Waals surface area contributed by atoms with Crippen molar-refractivity contribution in [2.45, 2.75) is 6.61 Å². The van der Waals surface area contributed by atoms with Crippen LogP contribution in [0, 0.1) is 17.3 Å². The number of nitro benzene ring substituents is 1. The highest BCUT2D eigenvalue weighted by Gasteiger charge is 2.25. The molecule has 3 aromatic carbocycles. The quantitative estimate of drug-likeness (QED) is 0.0952. The van der Waals surface area contributed by atoms with Crippen molar-refractivity contribution < 1.29 is 19.2 Å². The molecule has 0 fully saturated rings. The summed E-state index contributed by atoms with van der Waals surface area (Å²) in [5, 5.41) is 10.8. The number of rotatable bonds is 6. The maximum atomic E-state index is 12.3. The molecule has 0 saturated carbocycles. The van der Waals surface area contributed by atoms with Crippen LogP contribution in [0.1, 0.15) is 16.7 Å². The van der Waals surface area contributed by atoms with Crippen LogP contribution in [0.2, 0.25) is 0 Å². The van der Waals surface area contributed by atoms with E-state index in [2.05, 4.69) is 66.1 Å². The molecule has 0 spiro atoms. The van der Waals surface area contributed by atoms with Gasteiger partial charge in [0.25, 0.3) is 5.69 Å². The zero-order valence-corrected chi connectivity index (χ0v) is 22.5. The van der Waals surface area contributed by atoms with Crippen LogP contribution in [0.5, 0.6) is 5.75 Å². The van der Waals surface area contributed by atoms with Gasteiger partial charge in [0.15, 0.2) is 5.70 Å². The van der Waals surface area contributed by atoms with Gasteiger partial charge in [-0.1, -0.05) is 28.1 Å². The number of hydrogen-bond donors (Lipinski definition) is 0. The van der Waals surface area contributed by atoms with Crippen molar-refractivity contribution in [2.75, 3.05) is 0 Å². The molecular weight excluding hydrogens is 718 g/mol. The Balaban J connectivity index is 1.53. The molecular formula is C23H13BrI2N2O5. The number of esters is 1. The van der Waals surface area contributed by atoms with Crippen LogP contribution < -0.4 is 4.74 Å². The Morgan fingerprint density at radius 2 is 1.70 bits per heavy atom. The van der Waals surface area contributed by atoms with Crippen molar-refractivity contribution in [2.24, 2.45) is 4.99 Å². The third kappa shape index (κ3) is 5.79. The highest BCUT2D eigenvalue weighted by Crippen LogP contribution is 2.31. The zero-order valence-electron chi connectivity index (χ0n) is 16.6. The van der Waals surface area contributed by atoms with Crippen molar-refractivity contribution in [1.82, 2.24) is 0 Å². The molecule has 10 heteroatoms. The summed E-state index contributed by atoms with van der Waals surface area (Å²) in [5.74, 6) is 0.300. The molecule has 0 unspecified atom stereocenters. The molecule has 0 atom stereocenters. The van der Waals surface area contributed by atoms with Gasteiger partial charge in [-0.2, -0.15) is 0 Å². The highest BCUT2D eigenvalue weighted by molar-refractivity contribution is 14.1. The van der Waals surface area contributed by atoms with E-state index in [1.807, 2.05) is 36.4 Å². The fourth-order valence-electron chi connectivity index (χ4n) is 2.95. The van der Waals surface area contributed by atoms with Crippen molar-refractivity contribution in [3.05, 3.63) is 105 Å². The molecule has 3 aromatic rings. The molecule has 33 heavy (non-hydrogen) atoms. The van der Waals surface area contributed by atoms with Gasteiger partial charge in [0.1, 0.15) is 12.4 Å². The number of aliphatic imine (C=N–C) groups is 1. The Labute approximate surface area is 224 Å². The number of carbonyl (C=O) groups excluding carboxylic acids is 1. The second-order valence-corrected chi connectivity index (χ2v) is 10.1. The molecule has 1 aliphatic heterocycles. The summed E-state index contributed by atoms with van der Waals surface area (Å²) in [7, 11) is 0. The predicted octanol–water partition coefficient (Wildman–Crippen LogP) is 6.49. The summed E-state index contributed by atoms with van der Waals surface area (Å²) in [6, 6.07) is 17.4. The Kier molecular flexibility index (Phi) is 7.44. The van der Waals surface area contributed by atoms with Gasteiger partial charge in [-0.15, -0.1) is 0 Å². The summed E-state index contributed by atoms with van der Waals surface area (Å²) >= 11 is 7.82. The van der Waals surface area contributed by atoms with Gasteiger partial charge in [0.2, 0.25) is 5.90 Å². The number of ether oxygens (including phenoxy) is 2. The van der Waals surface area contributed by atoms with E-state index < -0.39 is 10.9 Å². The molecule has 0 saturated heterocycles. The summed E-state index contributed by atoms with van der Waals surface area (Å²) in [6.07, 6.45) is 1.64. The van der Waals surface area contributed by atoms with E-state index in [-0.39, 0.29) is 17.3 Å². The van der Waals surface area contributed by atoms with E-state index in [4.69, 9.17) is 9.47 Å². The van der Waals surface area contributed by atoms with Crippen LogP contribution in [0.25, 0.3) is 6.08 Å². The van der Waals surface area contributed by atoms with E-state index in [1.165, 1.54) is 24.3 Å². The number of nitro groups is 1. The average Bonchev–Trinajstić information content (AvgIpc) is 3.14. The van der Waals surface area contributed by atoms with Gasteiger partial charge in [0.05, 0.1) is 12.1 Å². The minimum Gasteiger partial charge on any atom is -0.487 e. The number of cyclic esters (lactones) is 1. The lowest BCUT2D eigenvalue weighted by Gasteiger charge is -2.11. The molecule has 7 nitrogen and oxygen atoms in total. The monoisotopic (exact) mass is 730 g/mol. The highest BCUT2D eigenvalue weighted by atomic mass is 127. The van der Waals surface area contributed by atoms with E-state index in [0.29, 0.717) is 12.2 Å². The molecule has 0 amide bonds. The van der Waals surface area contributed by atoms with Crippen LogP contribution in [0.15, 0.2) is 75.8 Å². The molecule has 1 aliphatic rings. The van der Waals surface area contributed by atoms with Crippen LogP contribution in [-0.4, -0.2) is 16.8 Å². The summed E-state index contributed by atoms with van der Waals surface area (Å²) in [6.45, 7) is 0.439. The molecule has 0 bridgehead atoms. The second-order valence-electron chi connectivity index (χ2n) is 6.87. The fraction of sp³-hybridized carbons (Fsp3) is 0.0435. The number of carbonyl (C=O) groups is 1. The first kappa shape index (κ1) is 23.8. The van der Waals surface area contributed by atoms with Gasteiger partial charge in [-0.05, 0) is 98.8 Å². The largest absolute Gasteiger partial charge is 0.487 e. The number of benzene rings is 3. The Morgan fingerprint density at radius 3 is 2.30 bits per heavy atom. The third-order valence-electron chi connectivity index (χ3n) is 4.57. The summed E-state index contributed by atoms with van der Waals surface area (Å²) in [4.78, 5) is 26.9. The van der Waals surface area contributed by atoms with E-state index in [1.54, 1.807) is 6.08 Å². The number of hydrogen-bond acceptors (Lipinski definition) is 6. The molecule has 1 heterocycles. The number of non-ortho nitro benzene ring substituents is 1. The molecule has 0 N–H and O–H groups in total. The van der Waals surface area contributed by atoms with Crippen LogP contribution in [0.3, 0.4) is 0 Å². The van der Waals surface area contributed by atoms with Gasteiger partial charge in [-0.25, -0.2) is 9.79 Å². The lowest BCUT2D eigenvalue weighted by molar-refractivity contribution is -0.384. The Bertz CT molecular complexity index is 1280. The first-order valence-corrected chi connectivity index (χ1v) is 12.4. The van der Waals surface area contributed by atoms with Crippen molar-refractivity contribution in [3.63, 3.8) is 0 Å². The Morgan fingerprint density at radius 1 is 1.06 bits per heavy atom. The van der Waals surface area contributed by atoms with Crippen molar-refractivity contribution >= 4 is 84.7 Å². The van der Waals surface area contributed by atoms with E-state index in [9.17, 15) is 14.9 Å². The first-order valence-electron chi connectivity index (χ1n) is 9.44.